The third kappa shape index (κ3) is 5.12. The summed E-state index contributed by atoms with van der Waals surface area (Å²) in [6.07, 6.45) is 1.65. The summed E-state index contributed by atoms with van der Waals surface area (Å²) >= 11 is 5.83. The van der Waals surface area contributed by atoms with Crippen molar-refractivity contribution < 1.29 is 9.90 Å². The van der Waals surface area contributed by atoms with E-state index in [9.17, 15) is 9.90 Å². The van der Waals surface area contributed by atoms with Crippen molar-refractivity contribution in [3.63, 3.8) is 0 Å². The molecule has 2 amide bonds. The molecule has 122 valence electrons. The highest BCUT2D eigenvalue weighted by atomic mass is 35.5. The van der Waals surface area contributed by atoms with E-state index in [-0.39, 0.29) is 17.3 Å². The Kier molecular flexibility index (Phi) is 5.78. The summed E-state index contributed by atoms with van der Waals surface area (Å²) in [5, 5.41) is 15.4. The molecule has 0 aliphatic heterocycles. The van der Waals surface area contributed by atoms with Crippen molar-refractivity contribution in [3.05, 3.63) is 52.7 Å². The summed E-state index contributed by atoms with van der Waals surface area (Å²) in [5.74, 6) is 0.442. The molecule has 0 spiro atoms. The van der Waals surface area contributed by atoms with Gasteiger partial charge in [0.2, 0.25) is 0 Å². The van der Waals surface area contributed by atoms with Crippen LogP contribution in [0, 0.1) is 0 Å². The summed E-state index contributed by atoms with van der Waals surface area (Å²) in [4.78, 5) is 18.1. The zero-order valence-corrected chi connectivity index (χ0v) is 13.8. The first-order chi connectivity index (χ1) is 11.0. The summed E-state index contributed by atoms with van der Waals surface area (Å²) in [6.45, 7) is 0.921. The Hall–Kier alpha value is -2.31. The average Bonchev–Trinajstić information content (AvgIpc) is 2.48. The van der Waals surface area contributed by atoms with Gasteiger partial charge in [-0.3, -0.25) is 5.32 Å². The lowest BCUT2D eigenvalue weighted by Gasteiger charge is -2.12. The monoisotopic (exact) mass is 334 g/mol. The van der Waals surface area contributed by atoms with Crippen LogP contribution in [-0.4, -0.2) is 35.1 Å². The number of carbonyl (C=O) groups is 1. The lowest BCUT2D eigenvalue weighted by atomic mass is 10.2. The Balaban J connectivity index is 1.93. The van der Waals surface area contributed by atoms with Crippen LogP contribution in [0.15, 0.2) is 36.5 Å². The van der Waals surface area contributed by atoms with Crippen molar-refractivity contribution in [1.29, 1.82) is 0 Å². The smallest absolute Gasteiger partial charge is 0.320 e. The van der Waals surface area contributed by atoms with Crippen LogP contribution in [0.2, 0.25) is 5.02 Å². The first-order valence-electron chi connectivity index (χ1n) is 7.06. The lowest BCUT2D eigenvalue weighted by molar-refractivity contribution is 0.251. The van der Waals surface area contributed by atoms with Crippen LogP contribution < -0.4 is 10.6 Å². The quantitative estimate of drug-likeness (QED) is 0.785. The van der Waals surface area contributed by atoms with Crippen molar-refractivity contribution in [1.82, 2.24) is 15.2 Å². The number of phenols is 1. The largest absolute Gasteiger partial charge is 0.506 e. The molecule has 0 bridgehead atoms. The summed E-state index contributed by atoms with van der Waals surface area (Å²) in [5.41, 5.74) is 1.59. The van der Waals surface area contributed by atoms with Crippen molar-refractivity contribution in [2.75, 3.05) is 19.4 Å². The maximum absolute atomic E-state index is 11.9. The predicted octanol–water partition coefficient (Wildman–Crippen LogP) is 2.82. The molecule has 0 saturated carbocycles. The third-order valence-corrected chi connectivity index (χ3v) is 3.38. The second-order valence-electron chi connectivity index (χ2n) is 5.34. The van der Waals surface area contributed by atoms with E-state index in [1.54, 1.807) is 24.4 Å². The van der Waals surface area contributed by atoms with Crippen LogP contribution >= 0.6 is 11.6 Å². The van der Waals surface area contributed by atoms with Crippen LogP contribution in [0.3, 0.4) is 0 Å². The molecule has 0 fully saturated rings. The van der Waals surface area contributed by atoms with E-state index in [0.29, 0.717) is 11.4 Å². The fourth-order valence-corrected chi connectivity index (χ4v) is 2.24. The molecule has 2 rings (SSSR count). The van der Waals surface area contributed by atoms with E-state index in [1.165, 1.54) is 0 Å². The van der Waals surface area contributed by atoms with E-state index < -0.39 is 6.03 Å². The first kappa shape index (κ1) is 17.1. The number of amides is 2. The number of halogens is 1. The Morgan fingerprint density at radius 2 is 2.13 bits per heavy atom. The lowest BCUT2D eigenvalue weighted by Crippen LogP contribution is -2.28. The van der Waals surface area contributed by atoms with Gasteiger partial charge in [0.05, 0.1) is 5.02 Å². The molecule has 0 atom stereocenters. The van der Waals surface area contributed by atoms with Crippen LogP contribution in [-0.2, 0) is 13.1 Å². The number of pyridine rings is 1. The van der Waals surface area contributed by atoms with Gasteiger partial charge in [0.25, 0.3) is 0 Å². The van der Waals surface area contributed by atoms with Gasteiger partial charge in [0, 0.05) is 24.8 Å². The highest BCUT2D eigenvalue weighted by Crippen LogP contribution is 2.26. The van der Waals surface area contributed by atoms with E-state index in [4.69, 9.17) is 11.6 Å². The summed E-state index contributed by atoms with van der Waals surface area (Å²) in [6, 6.07) is 8.30. The van der Waals surface area contributed by atoms with Gasteiger partial charge in [-0.05, 0) is 37.9 Å². The van der Waals surface area contributed by atoms with Gasteiger partial charge in [0.15, 0.2) is 0 Å². The van der Waals surface area contributed by atoms with Crippen molar-refractivity contribution in [2.45, 2.75) is 13.1 Å². The zero-order valence-electron chi connectivity index (χ0n) is 13.0. The fraction of sp³-hybridized carbons (Fsp3) is 0.250. The van der Waals surface area contributed by atoms with E-state index in [1.807, 2.05) is 31.1 Å². The van der Waals surface area contributed by atoms with Crippen LogP contribution in [0.25, 0.3) is 0 Å². The normalized spacial score (nSPS) is 10.6. The van der Waals surface area contributed by atoms with Crippen LogP contribution in [0.1, 0.15) is 11.1 Å². The van der Waals surface area contributed by atoms with E-state index >= 15 is 0 Å². The number of para-hydroxylation sites is 1. The Bertz CT molecular complexity index is 692. The number of carbonyl (C=O) groups excluding carboxylic acids is 1. The second kappa shape index (κ2) is 7.80. The number of benzene rings is 1. The highest BCUT2D eigenvalue weighted by molar-refractivity contribution is 6.32. The summed E-state index contributed by atoms with van der Waals surface area (Å²) < 4.78 is 0. The van der Waals surface area contributed by atoms with Gasteiger partial charge in [-0.2, -0.15) is 0 Å². The number of aromatic nitrogens is 1. The Labute approximate surface area is 140 Å². The first-order valence-corrected chi connectivity index (χ1v) is 7.44. The molecule has 6 nitrogen and oxygen atoms in total. The number of nitrogens with one attached hydrogen (secondary N) is 2. The fourth-order valence-electron chi connectivity index (χ4n) is 2.04. The molecule has 7 heteroatoms. The molecular weight excluding hydrogens is 316 g/mol. The molecule has 1 aromatic carbocycles. The number of urea groups is 1. The molecule has 0 aliphatic carbocycles. The number of phenolic OH excluding ortho intramolecular Hbond substituents is 1. The maximum Gasteiger partial charge on any atom is 0.320 e. The van der Waals surface area contributed by atoms with Gasteiger partial charge in [-0.1, -0.05) is 23.7 Å². The molecule has 1 aromatic heterocycles. The van der Waals surface area contributed by atoms with Crippen molar-refractivity contribution in [3.8, 4) is 5.75 Å². The molecular formula is C16H19ClN4O2. The molecule has 2 aromatic rings. The number of anilines is 1. The summed E-state index contributed by atoms with van der Waals surface area (Å²) in [7, 11) is 3.94. The standard InChI is InChI=1S/C16H19ClN4O2/c1-21(2)10-11-6-7-18-14(8-11)20-16(23)19-9-12-4-3-5-13(17)15(12)22/h3-8,22H,9-10H2,1-2H3,(H2,18,19,20,23). The maximum atomic E-state index is 11.9. The molecule has 3 N–H and O–H groups in total. The number of rotatable bonds is 5. The Morgan fingerprint density at radius 3 is 2.87 bits per heavy atom. The van der Waals surface area contributed by atoms with Crippen LogP contribution in [0.4, 0.5) is 10.6 Å². The van der Waals surface area contributed by atoms with Crippen molar-refractivity contribution in [2.24, 2.45) is 0 Å². The minimum atomic E-state index is -0.404. The van der Waals surface area contributed by atoms with Crippen molar-refractivity contribution >= 4 is 23.4 Å². The zero-order chi connectivity index (χ0) is 16.8. The van der Waals surface area contributed by atoms with Gasteiger partial charge in [-0.15, -0.1) is 0 Å². The molecule has 1 heterocycles. The minimum absolute atomic E-state index is 0.0272. The molecule has 0 unspecified atom stereocenters. The molecule has 23 heavy (non-hydrogen) atoms. The number of hydrogen-bond acceptors (Lipinski definition) is 4. The molecule has 0 saturated heterocycles. The highest BCUT2D eigenvalue weighted by Gasteiger charge is 2.08. The topological polar surface area (TPSA) is 77.5 Å². The number of aromatic hydroxyl groups is 1. The van der Waals surface area contributed by atoms with Gasteiger partial charge in [0.1, 0.15) is 11.6 Å². The predicted molar refractivity (Wildman–Crippen MR) is 90.6 cm³/mol. The molecule has 0 aliphatic rings. The van der Waals surface area contributed by atoms with Crippen LogP contribution in [0.5, 0.6) is 5.75 Å². The van der Waals surface area contributed by atoms with E-state index in [2.05, 4.69) is 15.6 Å². The number of hydrogen-bond donors (Lipinski definition) is 3. The SMILES string of the molecule is CN(C)Cc1ccnc(NC(=O)NCc2cccc(Cl)c2O)c1. The van der Waals surface area contributed by atoms with Gasteiger partial charge >= 0.3 is 6.03 Å². The minimum Gasteiger partial charge on any atom is -0.506 e. The number of nitrogens with zero attached hydrogens (tertiary/aromatic N) is 2. The van der Waals surface area contributed by atoms with Gasteiger partial charge in [-0.25, -0.2) is 9.78 Å². The molecule has 0 radical (unpaired) electrons. The van der Waals surface area contributed by atoms with Gasteiger partial charge < -0.3 is 15.3 Å². The Morgan fingerprint density at radius 1 is 1.35 bits per heavy atom. The van der Waals surface area contributed by atoms with E-state index in [0.717, 1.165) is 12.1 Å². The third-order valence-electron chi connectivity index (χ3n) is 3.07. The second-order valence-corrected chi connectivity index (χ2v) is 5.75. The average molecular weight is 335 g/mol.